The van der Waals surface area contributed by atoms with Crippen molar-refractivity contribution in [2.45, 2.75) is 31.1 Å². The summed E-state index contributed by atoms with van der Waals surface area (Å²) in [7, 11) is 0. The van der Waals surface area contributed by atoms with Crippen LogP contribution < -0.4 is 0 Å². The fourth-order valence-corrected chi connectivity index (χ4v) is 2.35. The molecule has 4 heteroatoms. The molecule has 1 aromatic carbocycles. The third-order valence-electron chi connectivity index (χ3n) is 3.32. The number of rotatable bonds is 3. The first-order chi connectivity index (χ1) is 7.55. The lowest BCUT2D eigenvalue weighted by atomic mass is 9.62. The molecule has 16 heavy (non-hydrogen) atoms. The Morgan fingerprint density at radius 1 is 1.38 bits per heavy atom. The standard InChI is InChI=1S/C12H12F2O2/c13-9-4-1-3-8(11(9)14)12(5-2-6-12)7-10(15)16/h1,3-4H,2,5-7H2,(H,15,16). The molecule has 86 valence electrons. The van der Waals surface area contributed by atoms with E-state index in [-0.39, 0.29) is 12.0 Å². The van der Waals surface area contributed by atoms with E-state index in [4.69, 9.17) is 5.11 Å². The van der Waals surface area contributed by atoms with Gasteiger partial charge in [-0.3, -0.25) is 4.79 Å². The van der Waals surface area contributed by atoms with Crippen LogP contribution in [0.1, 0.15) is 31.2 Å². The summed E-state index contributed by atoms with van der Waals surface area (Å²) in [5.41, 5.74) is -0.487. The molecule has 0 aliphatic heterocycles. The van der Waals surface area contributed by atoms with E-state index in [2.05, 4.69) is 0 Å². The highest BCUT2D eigenvalue weighted by molar-refractivity contribution is 5.69. The Morgan fingerprint density at radius 3 is 2.56 bits per heavy atom. The summed E-state index contributed by atoms with van der Waals surface area (Å²) in [6.07, 6.45) is 1.95. The molecule has 1 fully saturated rings. The average Bonchev–Trinajstić information content (AvgIpc) is 2.16. The topological polar surface area (TPSA) is 37.3 Å². The SMILES string of the molecule is O=C(O)CC1(c2cccc(F)c2F)CCC1. The van der Waals surface area contributed by atoms with Crippen LogP contribution in [-0.2, 0) is 10.2 Å². The van der Waals surface area contributed by atoms with Gasteiger partial charge in [0.05, 0.1) is 6.42 Å². The lowest BCUT2D eigenvalue weighted by molar-refractivity contribution is -0.139. The molecular formula is C12H12F2O2. The van der Waals surface area contributed by atoms with Crippen molar-refractivity contribution in [1.29, 1.82) is 0 Å². The fraction of sp³-hybridized carbons (Fsp3) is 0.417. The first-order valence-corrected chi connectivity index (χ1v) is 5.21. The van der Waals surface area contributed by atoms with Gasteiger partial charge in [0.1, 0.15) is 0 Å². The molecule has 1 N–H and O–H groups in total. The van der Waals surface area contributed by atoms with Crippen LogP contribution in [0.4, 0.5) is 8.78 Å². The van der Waals surface area contributed by atoms with Crippen LogP contribution in [0.15, 0.2) is 18.2 Å². The molecule has 1 saturated carbocycles. The van der Waals surface area contributed by atoms with E-state index >= 15 is 0 Å². The van der Waals surface area contributed by atoms with E-state index in [0.29, 0.717) is 12.8 Å². The van der Waals surface area contributed by atoms with Crippen LogP contribution in [0, 0.1) is 11.6 Å². The minimum absolute atomic E-state index is 0.132. The number of aliphatic carboxylic acids is 1. The summed E-state index contributed by atoms with van der Waals surface area (Å²) in [5, 5.41) is 8.82. The highest BCUT2D eigenvalue weighted by Gasteiger charge is 2.42. The van der Waals surface area contributed by atoms with Crippen LogP contribution >= 0.6 is 0 Å². The summed E-state index contributed by atoms with van der Waals surface area (Å²) in [4.78, 5) is 10.8. The van der Waals surface area contributed by atoms with Crippen molar-refractivity contribution in [3.63, 3.8) is 0 Å². The van der Waals surface area contributed by atoms with Crippen molar-refractivity contribution in [2.75, 3.05) is 0 Å². The minimum Gasteiger partial charge on any atom is -0.481 e. The van der Waals surface area contributed by atoms with Crippen molar-refractivity contribution >= 4 is 5.97 Å². The smallest absolute Gasteiger partial charge is 0.304 e. The number of halogens is 2. The van der Waals surface area contributed by atoms with Gasteiger partial charge in [-0.25, -0.2) is 8.78 Å². The highest BCUT2D eigenvalue weighted by Crippen LogP contribution is 2.47. The maximum absolute atomic E-state index is 13.6. The lowest BCUT2D eigenvalue weighted by Gasteiger charge is -2.41. The second kappa shape index (κ2) is 3.85. The van der Waals surface area contributed by atoms with Crippen LogP contribution in [0.3, 0.4) is 0 Å². The Hall–Kier alpha value is -1.45. The molecule has 1 aliphatic rings. The van der Waals surface area contributed by atoms with Gasteiger partial charge in [0.15, 0.2) is 11.6 Å². The predicted molar refractivity (Wildman–Crippen MR) is 54.1 cm³/mol. The second-order valence-corrected chi connectivity index (χ2v) is 4.31. The van der Waals surface area contributed by atoms with Crippen LogP contribution in [0.5, 0.6) is 0 Å². The van der Waals surface area contributed by atoms with Gasteiger partial charge in [-0.1, -0.05) is 18.6 Å². The molecule has 2 nitrogen and oxygen atoms in total. The van der Waals surface area contributed by atoms with Crippen molar-refractivity contribution in [3.8, 4) is 0 Å². The van der Waals surface area contributed by atoms with Gasteiger partial charge >= 0.3 is 5.97 Å². The predicted octanol–water partition coefficient (Wildman–Crippen LogP) is 2.86. The fourth-order valence-electron chi connectivity index (χ4n) is 2.35. The van der Waals surface area contributed by atoms with Gasteiger partial charge < -0.3 is 5.11 Å². The zero-order valence-corrected chi connectivity index (χ0v) is 8.67. The van der Waals surface area contributed by atoms with E-state index in [1.54, 1.807) is 0 Å². The Balaban J connectivity index is 2.40. The zero-order valence-electron chi connectivity index (χ0n) is 8.67. The first-order valence-electron chi connectivity index (χ1n) is 5.21. The molecule has 0 amide bonds. The lowest BCUT2D eigenvalue weighted by Crippen LogP contribution is -2.37. The van der Waals surface area contributed by atoms with Crippen molar-refractivity contribution in [3.05, 3.63) is 35.4 Å². The quantitative estimate of drug-likeness (QED) is 0.860. The first kappa shape index (κ1) is 11.0. The average molecular weight is 226 g/mol. The summed E-state index contributed by atoms with van der Waals surface area (Å²) < 4.78 is 26.7. The van der Waals surface area contributed by atoms with Gasteiger partial charge in [-0.05, 0) is 24.5 Å². The largest absolute Gasteiger partial charge is 0.481 e. The Kier molecular flexibility index (Phi) is 2.66. The molecule has 0 unspecified atom stereocenters. The molecule has 0 bridgehead atoms. The maximum Gasteiger partial charge on any atom is 0.304 e. The summed E-state index contributed by atoms with van der Waals surface area (Å²) in [6, 6.07) is 3.96. The zero-order chi connectivity index (χ0) is 11.8. The maximum atomic E-state index is 13.6. The number of carboxylic acid groups (broad SMARTS) is 1. The number of hydrogen-bond acceptors (Lipinski definition) is 1. The van der Waals surface area contributed by atoms with Gasteiger partial charge in [-0.2, -0.15) is 0 Å². The molecule has 1 aromatic rings. The summed E-state index contributed by atoms with van der Waals surface area (Å²) in [6.45, 7) is 0. The van der Waals surface area contributed by atoms with Gasteiger partial charge in [-0.15, -0.1) is 0 Å². The molecule has 0 radical (unpaired) electrons. The number of carbonyl (C=O) groups is 1. The molecule has 0 spiro atoms. The van der Waals surface area contributed by atoms with E-state index in [1.807, 2.05) is 0 Å². The molecule has 1 aliphatic carbocycles. The summed E-state index contributed by atoms with van der Waals surface area (Å²) >= 11 is 0. The van der Waals surface area contributed by atoms with Gasteiger partial charge in [0.2, 0.25) is 0 Å². The van der Waals surface area contributed by atoms with E-state index < -0.39 is 23.0 Å². The van der Waals surface area contributed by atoms with Crippen molar-refractivity contribution in [2.24, 2.45) is 0 Å². The van der Waals surface area contributed by atoms with E-state index in [9.17, 15) is 13.6 Å². The Labute approximate surface area is 91.9 Å². The molecular weight excluding hydrogens is 214 g/mol. The molecule has 2 rings (SSSR count). The van der Waals surface area contributed by atoms with E-state index in [1.165, 1.54) is 12.1 Å². The second-order valence-electron chi connectivity index (χ2n) is 4.31. The van der Waals surface area contributed by atoms with Crippen LogP contribution in [-0.4, -0.2) is 11.1 Å². The number of carboxylic acids is 1. The molecule has 0 aromatic heterocycles. The Morgan fingerprint density at radius 2 is 2.06 bits per heavy atom. The Bertz CT molecular complexity index is 425. The third-order valence-corrected chi connectivity index (χ3v) is 3.32. The van der Waals surface area contributed by atoms with Gasteiger partial charge in [0.25, 0.3) is 0 Å². The van der Waals surface area contributed by atoms with Crippen molar-refractivity contribution in [1.82, 2.24) is 0 Å². The minimum atomic E-state index is -0.969. The number of benzene rings is 1. The highest BCUT2D eigenvalue weighted by atomic mass is 19.2. The normalized spacial score (nSPS) is 17.9. The summed E-state index contributed by atoms with van der Waals surface area (Å²) in [5.74, 6) is -2.78. The van der Waals surface area contributed by atoms with Crippen molar-refractivity contribution < 1.29 is 18.7 Å². The molecule has 0 saturated heterocycles. The van der Waals surface area contributed by atoms with Gasteiger partial charge in [0, 0.05) is 5.41 Å². The number of hydrogen-bond donors (Lipinski definition) is 1. The van der Waals surface area contributed by atoms with E-state index in [0.717, 1.165) is 12.5 Å². The monoisotopic (exact) mass is 226 g/mol. The molecule has 0 heterocycles. The third kappa shape index (κ3) is 1.68. The molecule has 0 atom stereocenters. The van der Waals surface area contributed by atoms with Crippen LogP contribution in [0.2, 0.25) is 0 Å². The van der Waals surface area contributed by atoms with Crippen LogP contribution in [0.25, 0.3) is 0 Å².